The van der Waals surface area contributed by atoms with Crippen molar-refractivity contribution in [1.82, 2.24) is 10.6 Å². The average Bonchev–Trinajstić information content (AvgIpc) is 2.59. The van der Waals surface area contributed by atoms with Gasteiger partial charge in [0, 0.05) is 13.0 Å². The minimum Gasteiger partial charge on any atom is -0.444 e. The Morgan fingerprint density at radius 3 is 2.22 bits per heavy atom. The van der Waals surface area contributed by atoms with Gasteiger partial charge >= 0.3 is 6.09 Å². The average molecular weight is 372 g/mol. The molecule has 1 unspecified atom stereocenters. The second-order valence-corrected chi connectivity index (χ2v) is 7.23. The molecule has 0 bridgehead atoms. The Labute approximate surface area is 158 Å². The van der Waals surface area contributed by atoms with E-state index in [1.165, 1.54) is 12.1 Å². The Balaban J connectivity index is 2.03. The van der Waals surface area contributed by atoms with E-state index in [2.05, 4.69) is 10.6 Å². The number of hydrogen-bond donors (Lipinski definition) is 2. The summed E-state index contributed by atoms with van der Waals surface area (Å²) in [5.74, 6) is -0.673. The summed E-state index contributed by atoms with van der Waals surface area (Å²) in [5, 5.41) is 5.41. The molecule has 0 saturated carbocycles. The third-order valence-corrected chi connectivity index (χ3v) is 3.67. The lowest BCUT2D eigenvalue weighted by Crippen LogP contribution is -2.49. The van der Waals surface area contributed by atoms with Crippen LogP contribution >= 0.6 is 0 Å². The summed E-state index contributed by atoms with van der Waals surface area (Å²) in [6.07, 6.45) is -0.324. The maximum Gasteiger partial charge on any atom is 0.408 e. The maximum atomic E-state index is 13.0. The van der Waals surface area contributed by atoms with Gasteiger partial charge in [-0.25, -0.2) is 9.18 Å². The monoisotopic (exact) mass is 372 g/mol. The molecule has 2 amide bonds. The lowest BCUT2D eigenvalue weighted by molar-refractivity contribution is -0.123. The Morgan fingerprint density at radius 2 is 1.63 bits per heavy atom. The number of carbonyl (C=O) groups is 2. The van der Waals surface area contributed by atoms with Crippen molar-refractivity contribution in [2.75, 3.05) is 0 Å². The molecule has 2 rings (SSSR count). The van der Waals surface area contributed by atoms with E-state index in [-0.39, 0.29) is 18.3 Å². The fourth-order valence-electron chi connectivity index (χ4n) is 2.42. The molecule has 144 valence electrons. The topological polar surface area (TPSA) is 67.4 Å². The predicted molar refractivity (Wildman–Crippen MR) is 102 cm³/mol. The number of amides is 2. The Kier molecular flexibility index (Phi) is 6.93. The van der Waals surface area contributed by atoms with E-state index in [1.54, 1.807) is 32.9 Å². The van der Waals surface area contributed by atoms with E-state index >= 15 is 0 Å². The van der Waals surface area contributed by atoms with Gasteiger partial charge in [0.25, 0.3) is 0 Å². The van der Waals surface area contributed by atoms with Crippen molar-refractivity contribution in [2.24, 2.45) is 0 Å². The molecule has 2 aromatic carbocycles. The molecule has 0 saturated heterocycles. The SMILES string of the molecule is CC(C)(C)OC(=O)NC(Cc1ccccc1)C(=O)NCc1ccc(F)cc1. The molecule has 0 heterocycles. The first kappa shape index (κ1) is 20.4. The van der Waals surface area contributed by atoms with Crippen LogP contribution in [0.25, 0.3) is 0 Å². The third kappa shape index (κ3) is 7.48. The van der Waals surface area contributed by atoms with Crippen molar-refractivity contribution in [3.63, 3.8) is 0 Å². The van der Waals surface area contributed by atoms with Crippen LogP contribution in [0.3, 0.4) is 0 Å². The number of benzene rings is 2. The highest BCUT2D eigenvalue weighted by Crippen LogP contribution is 2.09. The smallest absolute Gasteiger partial charge is 0.408 e. The zero-order valence-corrected chi connectivity index (χ0v) is 15.8. The van der Waals surface area contributed by atoms with Crippen LogP contribution in [0.15, 0.2) is 54.6 Å². The summed E-state index contributed by atoms with van der Waals surface area (Å²) in [7, 11) is 0. The summed E-state index contributed by atoms with van der Waals surface area (Å²) in [6, 6.07) is 14.5. The van der Waals surface area contributed by atoms with Gasteiger partial charge in [0.1, 0.15) is 17.5 Å². The van der Waals surface area contributed by atoms with Crippen LogP contribution in [-0.2, 0) is 22.5 Å². The van der Waals surface area contributed by atoms with Gasteiger partial charge in [-0.3, -0.25) is 4.79 Å². The molecule has 1 atom stereocenters. The number of ether oxygens (including phenoxy) is 1. The van der Waals surface area contributed by atoms with Gasteiger partial charge < -0.3 is 15.4 Å². The van der Waals surface area contributed by atoms with Gasteiger partial charge in [-0.1, -0.05) is 42.5 Å². The van der Waals surface area contributed by atoms with Crippen LogP contribution in [0.4, 0.5) is 9.18 Å². The highest BCUT2D eigenvalue weighted by atomic mass is 19.1. The fraction of sp³-hybridized carbons (Fsp3) is 0.333. The molecular formula is C21H25FN2O3. The van der Waals surface area contributed by atoms with Gasteiger partial charge in [-0.05, 0) is 44.0 Å². The number of alkyl carbamates (subject to hydrolysis) is 1. The predicted octanol–water partition coefficient (Wildman–Crippen LogP) is 3.58. The fourth-order valence-corrected chi connectivity index (χ4v) is 2.42. The van der Waals surface area contributed by atoms with Crippen molar-refractivity contribution in [3.8, 4) is 0 Å². The van der Waals surface area contributed by atoms with Crippen LogP contribution < -0.4 is 10.6 Å². The lowest BCUT2D eigenvalue weighted by Gasteiger charge is -2.23. The number of carbonyl (C=O) groups excluding carboxylic acids is 2. The summed E-state index contributed by atoms with van der Waals surface area (Å²) in [5.41, 5.74) is 1.02. The van der Waals surface area contributed by atoms with Crippen molar-refractivity contribution >= 4 is 12.0 Å². The van der Waals surface area contributed by atoms with E-state index in [1.807, 2.05) is 30.3 Å². The van der Waals surface area contributed by atoms with E-state index in [4.69, 9.17) is 4.74 Å². The molecule has 0 fully saturated rings. The first-order valence-electron chi connectivity index (χ1n) is 8.78. The van der Waals surface area contributed by atoms with Crippen molar-refractivity contribution in [1.29, 1.82) is 0 Å². The van der Waals surface area contributed by atoms with Crippen LogP contribution in [0.1, 0.15) is 31.9 Å². The molecule has 5 nitrogen and oxygen atoms in total. The zero-order valence-electron chi connectivity index (χ0n) is 15.8. The Bertz CT molecular complexity index is 755. The van der Waals surface area contributed by atoms with E-state index in [0.717, 1.165) is 11.1 Å². The minimum absolute atomic E-state index is 0.237. The van der Waals surface area contributed by atoms with E-state index in [9.17, 15) is 14.0 Å². The van der Waals surface area contributed by atoms with Crippen LogP contribution in [-0.4, -0.2) is 23.6 Å². The molecule has 0 aliphatic rings. The molecule has 0 aromatic heterocycles. The van der Waals surface area contributed by atoms with Gasteiger partial charge in [-0.15, -0.1) is 0 Å². The van der Waals surface area contributed by atoms with Gasteiger partial charge in [0.2, 0.25) is 5.91 Å². The van der Waals surface area contributed by atoms with Crippen molar-refractivity contribution in [2.45, 2.75) is 45.4 Å². The van der Waals surface area contributed by atoms with Crippen LogP contribution in [0, 0.1) is 5.82 Å². The highest BCUT2D eigenvalue weighted by Gasteiger charge is 2.24. The number of hydrogen-bond acceptors (Lipinski definition) is 3. The van der Waals surface area contributed by atoms with E-state index < -0.39 is 17.7 Å². The quantitative estimate of drug-likeness (QED) is 0.814. The number of nitrogens with one attached hydrogen (secondary N) is 2. The van der Waals surface area contributed by atoms with Crippen molar-refractivity contribution in [3.05, 3.63) is 71.5 Å². The summed E-state index contributed by atoms with van der Waals surface area (Å²) < 4.78 is 18.2. The normalized spacial score (nSPS) is 12.1. The molecule has 6 heteroatoms. The minimum atomic E-state index is -0.789. The van der Waals surface area contributed by atoms with Gasteiger partial charge in [-0.2, -0.15) is 0 Å². The standard InChI is InChI=1S/C21H25FN2O3/c1-21(2,3)27-20(26)24-18(13-15-7-5-4-6-8-15)19(25)23-14-16-9-11-17(22)12-10-16/h4-12,18H,13-14H2,1-3H3,(H,23,25)(H,24,26). The zero-order chi connectivity index (χ0) is 19.9. The third-order valence-electron chi connectivity index (χ3n) is 3.67. The summed E-state index contributed by atoms with van der Waals surface area (Å²) >= 11 is 0. The Morgan fingerprint density at radius 1 is 1.00 bits per heavy atom. The largest absolute Gasteiger partial charge is 0.444 e. The summed E-state index contributed by atoms with van der Waals surface area (Å²) in [6.45, 7) is 5.51. The van der Waals surface area contributed by atoms with Crippen LogP contribution in [0.2, 0.25) is 0 Å². The molecule has 0 radical (unpaired) electrons. The van der Waals surface area contributed by atoms with Gasteiger partial charge in [0.05, 0.1) is 0 Å². The van der Waals surface area contributed by atoms with Gasteiger partial charge in [0.15, 0.2) is 0 Å². The maximum absolute atomic E-state index is 13.0. The first-order valence-corrected chi connectivity index (χ1v) is 8.78. The highest BCUT2D eigenvalue weighted by molar-refractivity contribution is 5.86. The lowest BCUT2D eigenvalue weighted by atomic mass is 10.1. The molecule has 2 aromatic rings. The summed E-state index contributed by atoms with van der Waals surface area (Å²) in [4.78, 5) is 24.8. The van der Waals surface area contributed by atoms with Crippen molar-refractivity contribution < 1.29 is 18.7 Å². The molecule has 27 heavy (non-hydrogen) atoms. The second-order valence-electron chi connectivity index (χ2n) is 7.23. The number of rotatable bonds is 6. The first-order chi connectivity index (χ1) is 12.7. The molecule has 2 N–H and O–H groups in total. The van der Waals surface area contributed by atoms with E-state index in [0.29, 0.717) is 6.42 Å². The molecule has 0 aliphatic carbocycles. The van der Waals surface area contributed by atoms with Crippen LogP contribution in [0.5, 0.6) is 0 Å². The number of halogens is 1. The molecule has 0 aliphatic heterocycles. The molecule has 0 spiro atoms. The molecular weight excluding hydrogens is 347 g/mol. The second kappa shape index (κ2) is 9.16. The Hall–Kier alpha value is -2.89.